The molecule has 0 saturated carbocycles. The predicted octanol–water partition coefficient (Wildman–Crippen LogP) is 1.43. The fourth-order valence-electron chi connectivity index (χ4n) is 1.28. The van der Waals surface area contributed by atoms with Crippen LogP contribution in [0.4, 0.5) is 0 Å². The summed E-state index contributed by atoms with van der Waals surface area (Å²) in [7, 11) is 4.20. The van der Waals surface area contributed by atoms with E-state index < -0.39 is 0 Å². The van der Waals surface area contributed by atoms with Gasteiger partial charge in [0.1, 0.15) is 0 Å². The van der Waals surface area contributed by atoms with E-state index in [1.807, 2.05) is 18.5 Å². The van der Waals surface area contributed by atoms with Gasteiger partial charge >= 0.3 is 0 Å². The van der Waals surface area contributed by atoms with Gasteiger partial charge in [0.15, 0.2) is 0 Å². The molecule has 0 aliphatic carbocycles. The Morgan fingerprint density at radius 3 is 2.80 bits per heavy atom. The normalized spacial score (nSPS) is 13.1. The number of hydrogen-bond donors (Lipinski definition) is 1. The molecule has 3 nitrogen and oxygen atoms in total. The maximum Gasteiger partial charge on any atom is 0.0315 e. The van der Waals surface area contributed by atoms with E-state index in [0.717, 1.165) is 13.1 Å². The lowest BCUT2D eigenvalue weighted by molar-refractivity contribution is 0.302. The number of nitrogens with zero attached hydrogens (tertiary/aromatic N) is 2. The highest BCUT2D eigenvalue weighted by molar-refractivity contribution is 5.20. The van der Waals surface area contributed by atoms with Crippen LogP contribution in [-0.2, 0) is 6.54 Å². The van der Waals surface area contributed by atoms with Crippen molar-refractivity contribution in [2.24, 2.45) is 0 Å². The zero-order valence-corrected chi connectivity index (χ0v) is 10.1. The third kappa shape index (κ3) is 3.98. The number of hydrogen-bond acceptors (Lipinski definition) is 3. The molecule has 3 heteroatoms. The number of rotatable bonds is 5. The number of aromatic nitrogens is 1. The van der Waals surface area contributed by atoms with Crippen molar-refractivity contribution in [3.8, 4) is 0 Å². The first-order valence-electron chi connectivity index (χ1n) is 5.38. The van der Waals surface area contributed by atoms with Gasteiger partial charge in [-0.3, -0.25) is 4.98 Å². The first kappa shape index (κ1) is 12.1. The molecule has 0 aliphatic rings. The van der Waals surface area contributed by atoms with E-state index in [4.69, 9.17) is 0 Å². The highest BCUT2D eigenvalue weighted by Gasteiger charge is 2.03. The summed E-state index contributed by atoms with van der Waals surface area (Å²) in [6.07, 6.45) is 3.77. The smallest absolute Gasteiger partial charge is 0.0315 e. The van der Waals surface area contributed by atoms with Crippen LogP contribution >= 0.6 is 0 Å². The number of pyridine rings is 1. The Morgan fingerprint density at radius 1 is 1.47 bits per heavy atom. The molecule has 1 rings (SSSR count). The maximum absolute atomic E-state index is 4.13. The summed E-state index contributed by atoms with van der Waals surface area (Å²) in [6.45, 7) is 6.23. The Bertz CT molecular complexity index is 297. The van der Waals surface area contributed by atoms with Crippen LogP contribution in [0.15, 0.2) is 18.5 Å². The summed E-state index contributed by atoms with van der Waals surface area (Å²) >= 11 is 0. The predicted molar refractivity (Wildman–Crippen MR) is 63.8 cm³/mol. The zero-order valence-electron chi connectivity index (χ0n) is 10.1. The minimum absolute atomic E-state index is 0.557. The van der Waals surface area contributed by atoms with Gasteiger partial charge in [-0.1, -0.05) is 0 Å². The fraction of sp³-hybridized carbons (Fsp3) is 0.583. The fourth-order valence-corrected chi connectivity index (χ4v) is 1.28. The van der Waals surface area contributed by atoms with Gasteiger partial charge in [-0.05, 0) is 45.1 Å². The Labute approximate surface area is 92.5 Å². The Balaban J connectivity index is 2.35. The summed E-state index contributed by atoms with van der Waals surface area (Å²) in [5.41, 5.74) is 2.58. The standard InChI is InChI=1S/C12H21N3/c1-10-5-6-13-8-12(10)9-14-7-11(2)15(3)4/h5-6,8,11,14H,7,9H2,1-4H3. The van der Waals surface area contributed by atoms with E-state index in [1.165, 1.54) is 11.1 Å². The van der Waals surface area contributed by atoms with Crippen LogP contribution in [0.5, 0.6) is 0 Å². The molecule has 0 aromatic carbocycles. The monoisotopic (exact) mass is 207 g/mol. The van der Waals surface area contributed by atoms with Crippen LogP contribution < -0.4 is 5.32 Å². The van der Waals surface area contributed by atoms with Crippen molar-refractivity contribution in [1.29, 1.82) is 0 Å². The molecule has 1 aromatic heterocycles. The van der Waals surface area contributed by atoms with Gasteiger partial charge in [0.05, 0.1) is 0 Å². The molecule has 0 bridgehead atoms. The van der Waals surface area contributed by atoms with Crippen LogP contribution in [0.1, 0.15) is 18.1 Å². The van der Waals surface area contributed by atoms with Crippen LogP contribution in [0.2, 0.25) is 0 Å². The zero-order chi connectivity index (χ0) is 11.3. The van der Waals surface area contributed by atoms with Crippen molar-refractivity contribution < 1.29 is 0 Å². The van der Waals surface area contributed by atoms with Crippen molar-refractivity contribution in [1.82, 2.24) is 15.2 Å². The van der Waals surface area contributed by atoms with E-state index in [1.54, 1.807) is 0 Å². The van der Waals surface area contributed by atoms with Crippen LogP contribution in [0, 0.1) is 6.92 Å². The number of aryl methyl sites for hydroxylation is 1. The molecule has 15 heavy (non-hydrogen) atoms. The molecule has 1 atom stereocenters. The second-order valence-electron chi connectivity index (χ2n) is 4.25. The van der Waals surface area contributed by atoms with Gasteiger partial charge in [0.25, 0.3) is 0 Å². The Hall–Kier alpha value is -0.930. The van der Waals surface area contributed by atoms with E-state index >= 15 is 0 Å². The van der Waals surface area contributed by atoms with E-state index in [0.29, 0.717) is 6.04 Å². The molecule has 0 fully saturated rings. The lowest BCUT2D eigenvalue weighted by Gasteiger charge is -2.20. The summed E-state index contributed by atoms with van der Waals surface area (Å²) in [4.78, 5) is 6.34. The van der Waals surface area contributed by atoms with Gasteiger partial charge in [-0.15, -0.1) is 0 Å². The Morgan fingerprint density at radius 2 is 2.20 bits per heavy atom. The van der Waals surface area contributed by atoms with E-state index in [9.17, 15) is 0 Å². The topological polar surface area (TPSA) is 28.2 Å². The average molecular weight is 207 g/mol. The maximum atomic E-state index is 4.13. The van der Waals surface area contributed by atoms with E-state index in [-0.39, 0.29) is 0 Å². The molecule has 1 heterocycles. The third-order valence-corrected chi connectivity index (χ3v) is 2.78. The van der Waals surface area contributed by atoms with Crippen molar-refractivity contribution in [2.75, 3.05) is 20.6 Å². The first-order valence-corrected chi connectivity index (χ1v) is 5.38. The summed E-state index contributed by atoms with van der Waals surface area (Å²) in [5, 5.41) is 3.44. The summed E-state index contributed by atoms with van der Waals surface area (Å²) in [5.74, 6) is 0. The SMILES string of the molecule is Cc1ccncc1CNCC(C)N(C)C. The summed E-state index contributed by atoms with van der Waals surface area (Å²) in [6, 6.07) is 2.61. The lowest BCUT2D eigenvalue weighted by atomic mass is 10.1. The van der Waals surface area contributed by atoms with Crippen LogP contribution in [-0.4, -0.2) is 36.6 Å². The molecular weight excluding hydrogens is 186 g/mol. The third-order valence-electron chi connectivity index (χ3n) is 2.78. The summed E-state index contributed by atoms with van der Waals surface area (Å²) < 4.78 is 0. The molecular formula is C12H21N3. The average Bonchev–Trinajstić information content (AvgIpc) is 2.20. The molecule has 1 N–H and O–H groups in total. The van der Waals surface area contributed by atoms with E-state index in [2.05, 4.69) is 43.1 Å². The van der Waals surface area contributed by atoms with Gasteiger partial charge in [0, 0.05) is 31.5 Å². The largest absolute Gasteiger partial charge is 0.311 e. The highest BCUT2D eigenvalue weighted by Crippen LogP contribution is 2.03. The van der Waals surface area contributed by atoms with Crippen LogP contribution in [0.25, 0.3) is 0 Å². The van der Waals surface area contributed by atoms with Crippen molar-refractivity contribution >= 4 is 0 Å². The molecule has 0 spiro atoms. The van der Waals surface area contributed by atoms with Crippen LogP contribution in [0.3, 0.4) is 0 Å². The van der Waals surface area contributed by atoms with Gasteiger partial charge in [-0.2, -0.15) is 0 Å². The van der Waals surface area contributed by atoms with Gasteiger partial charge in [-0.25, -0.2) is 0 Å². The van der Waals surface area contributed by atoms with Crippen molar-refractivity contribution in [3.63, 3.8) is 0 Å². The minimum Gasteiger partial charge on any atom is -0.311 e. The Kier molecular flexibility index (Phi) is 4.72. The number of likely N-dealkylation sites (N-methyl/N-ethyl adjacent to an activating group) is 1. The molecule has 84 valence electrons. The van der Waals surface area contributed by atoms with Gasteiger partial charge < -0.3 is 10.2 Å². The molecule has 0 radical (unpaired) electrons. The van der Waals surface area contributed by atoms with Crippen molar-refractivity contribution in [2.45, 2.75) is 26.4 Å². The second kappa shape index (κ2) is 5.83. The number of nitrogens with one attached hydrogen (secondary N) is 1. The minimum atomic E-state index is 0.557. The highest BCUT2D eigenvalue weighted by atomic mass is 15.1. The van der Waals surface area contributed by atoms with Crippen molar-refractivity contribution in [3.05, 3.63) is 29.6 Å². The first-order chi connectivity index (χ1) is 7.11. The molecule has 0 amide bonds. The second-order valence-corrected chi connectivity index (χ2v) is 4.25. The molecule has 1 aromatic rings. The molecule has 1 unspecified atom stereocenters. The molecule has 0 saturated heterocycles. The quantitative estimate of drug-likeness (QED) is 0.791. The van der Waals surface area contributed by atoms with Gasteiger partial charge in [0.2, 0.25) is 0 Å². The molecule has 0 aliphatic heterocycles. The lowest BCUT2D eigenvalue weighted by Crippen LogP contribution is -2.35.